The van der Waals surface area contributed by atoms with Gasteiger partial charge in [-0.1, -0.05) is 6.07 Å². The Morgan fingerprint density at radius 3 is 2.47 bits per heavy atom. The van der Waals surface area contributed by atoms with Crippen molar-refractivity contribution in [3.05, 3.63) is 59.4 Å². The molecule has 0 radical (unpaired) electrons. The normalized spacial score (nSPS) is 11.2. The van der Waals surface area contributed by atoms with Crippen LogP contribution in [0.15, 0.2) is 42.6 Å². The molecule has 0 fully saturated rings. The highest BCUT2D eigenvalue weighted by molar-refractivity contribution is 5.65. The fourth-order valence-corrected chi connectivity index (χ4v) is 2.69. The third-order valence-corrected chi connectivity index (χ3v) is 3.76. The molecule has 0 aromatic carbocycles. The molecule has 0 aliphatic carbocycles. The van der Waals surface area contributed by atoms with Gasteiger partial charge in [0, 0.05) is 23.3 Å². The van der Waals surface area contributed by atoms with E-state index in [1.54, 1.807) is 0 Å². The van der Waals surface area contributed by atoms with Gasteiger partial charge in [-0.05, 0) is 50.1 Å². The molecule has 0 N–H and O–H groups in total. The molecule has 0 spiro atoms. The molecule has 19 heavy (non-hydrogen) atoms. The predicted octanol–water partition coefficient (Wildman–Crippen LogP) is 3.36. The first-order valence-corrected chi connectivity index (χ1v) is 6.62. The van der Waals surface area contributed by atoms with E-state index >= 15 is 0 Å². The molecule has 0 unspecified atom stereocenters. The Hall–Kier alpha value is -2.09. The van der Waals surface area contributed by atoms with Gasteiger partial charge >= 0.3 is 0 Å². The van der Waals surface area contributed by atoms with Gasteiger partial charge in [0.2, 0.25) is 5.69 Å². The van der Waals surface area contributed by atoms with E-state index in [1.807, 2.05) is 0 Å². The highest BCUT2D eigenvalue weighted by Gasteiger charge is 2.17. The van der Waals surface area contributed by atoms with Crippen LogP contribution in [0.1, 0.15) is 16.8 Å². The molecule has 0 bridgehead atoms. The highest BCUT2D eigenvalue weighted by atomic mass is 15.0. The minimum Gasteiger partial charge on any atom is -0.309 e. The van der Waals surface area contributed by atoms with Gasteiger partial charge in [-0.3, -0.25) is 0 Å². The van der Waals surface area contributed by atoms with E-state index in [0.29, 0.717) is 0 Å². The van der Waals surface area contributed by atoms with E-state index in [2.05, 4.69) is 79.4 Å². The molecule has 2 nitrogen and oxygen atoms in total. The number of nitrogens with zero attached hydrogens (tertiary/aromatic N) is 2. The van der Waals surface area contributed by atoms with Crippen molar-refractivity contribution in [3.63, 3.8) is 0 Å². The smallest absolute Gasteiger partial charge is 0.229 e. The van der Waals surface area contributed by atoms with Crippen molar-refractivity contribution in [1.29, 1.82) is 0 Å². The zero-order valence-corrected chi connectivity index (χ0v) is 11.9. The van der Waals surface area contributed by atoms with E-state index in [1.165, 1.54) is 33.7 Å². The van der Waals surface area contributed by atoms with Crippen LogP contribution in [-0.2, 0) is 7.05 Å². The van der Waals surface area contributed by atoms with E-state index in [9.17, 15) is 0 Å². The highest BCUT2D eigenvalue weighted by Crippen LogP contribution is 2.25. The maximum Gasteiger partial charge on any atom is 0.229 e. The van der Waals surface area contributed by atoms with Crippen LogP contribution in [0.25, 0.3) is 16.9 Å². The standard InChI is InChI=1S/C17H19N2/c1-12-9-10-18(4)16(11-12)17-13(2)5-7-15-8-6-14(3)19(15)17/h5-11H,1-4H3/q+1. The number of fused-ring (bicyclic) bond motifs is 1. The van der Waals surface area contributed by atoms with Crippen molar-refractivity contribution in [2.75, 3.05) is 0 Å². The lowest BCUT2D eigenvalue weighted by atomic mass is 10.1. The summed E-state index contributed by atoms with van der Waals surface area (Å²) in [5, 5.41) is 0. The Labute approximate surface area is 113 Å². The van der Waals surface area contributed by atoms with Gasteiger partial charge in [-0.2, -0.15) is 4.57 Å². The first-order chi connectivity index (χ1) is 9.08. The zero-order chi connectivity index (χ0) is 13.6. The molecule has 2 heteroatoms. The van der Waals surface area contributed by atoms with E-state index in [4.69, 9.17) is 0 Å². The molecule has 0 aliphatic rings. The Morgan fingerprint density at radius 2 is 1.68 bits per heavy atom. The van der Waals surface area contributed by atoms with Crippen molar-refractivity contribution in [3.8, 4) is 11.4 Å². The topological polar surface area (TPSA) is 8.29 Å². The van der Waals surface area contributed by atoms with Gasteiger partial charge in [0.1, 0.15) is 12.7 Å². The molecule has 96 valence electrons. The summed E-state index contributed by atoms with van der Waals surface area (Å²) in [7, 11) is 2.10. The number of aromatic nitrogens is 2. The van der Waals surface area contributed by atoms with Gasteiger partial charge in [-0.25, -0.2) is 0 Å². The van der Waals surface area contributed by atoms with Crippen LogP contribution in [0.2, 0.25) is 0 Å². The van der Waals surface area contributed by atoms with Crippen LogP contribution in [0.5, 0.6) is 0 Å². The summed E-state index contributed by atoms with van der Waals surface area (Å²) in [6.07, 6.45) is 2.13. The van der Waals surface area contributed by atoms with Gasteiger partial charge in [0.25, 0.3) is 0 Å². The number of hydrogen-bond acceptors (Lipinski definition) is 0. The number of rotatable bonds is 1. The van der Waals surface area contributed by atoms with Crippen molar-refractivity contribution < 1.29 is 4.57 Å². The molecular weight excluding hydrogens is 232 g/mol. The average molecular weight is 251 g/mol. The fraction of sp³-hybridized carbons (Fsp3) is 0.235. The molecule has 3 heterocycles. The molecule has 3 aromatic heterocycles. The summed E-state index contributed by atoms with van der Waals surface area (Å²) < 4.78 is 4.53. The molecule has 3 rings (SSSR count). The second-order valence-electron chi connectivity index (χ2n) is 5.30. The number of pyridine rings is 2. The third kappa shape index (κ3) is 1.84. The second-order valence-corrected chi connectivity index (χ2v) is 5.30. The van der Waals surface area contributed by atoms with Crippen LogP contribution in [0, 0.1) is 20.8 Å². The van der Waals surface area contributed by atoms with Crippen molar-refractivity contribution >= 4 is 5.52 Å². The van der Waals surface area contributed by atoms with Crippen LogP contribution in [-0.4, -0.2) is 4.40 Å². The molecule has 0 saturated carbocycles. The van der Waals surface area contributed by atoms with Gasteiger partial charge in [0.15, 0.2) is 6.20 Å². The van der Waals surface area contributed by atoms with E-state index < -0.39 is 0 Å². The number of hydrogen-bond donors (Lipinski definition) is 0. The summed E-state index contributed by atoms with van der Waals surface area (Å²) in [6, 6.07) is 13.1. The zero-order valence-electron chi connectivity index (χ0n) is 11.9. The summed E-state index contributed by atoms with van der Waals surface area (Å²) in [4.78, 5) is 0. The Bertz CT molecular complexity index is 766. The summed E-state index contributed by atoms with van der Waals surface area (Å²) in [5.41, 5.74) is 7.64. The second kappa shape index (κ2) is 4.23. The van der Waals surface area contributed by atoms with Crippen molar-refractivity contribution in [1.82, 2.24) is 4.40 Å². The molecule has 0 saturated heterocycles. The number of aryl methyl sites for hydroxylation is 4. The van der Waals surface area contributed by atoms with Gasteiger partial charge in [0.05, 0.1) is 0 Å². The summed E-state index contributed by atoms with van der Waals surface area (Å²) >= 11 is 0. The SMILES string of the molecule is Cc1cc[n+](C)c(-c2c(C)ccc3ccc(C)n23)c1. The summed E-state index contributed by atoms with van der Waals surface area (Å²) in [6.45, 7) is 6.48. The first-order valence-electron chi connectivity index (χ1n) is 6.62. The van der Waals surface area contributed by atoms with E-state index in [-0.39, 0.29) is 0 Å². The fourth-order valence-electron chi connectivity index (χ4n) is 2.69. The molecule has 3 aromatic rings. The minimum atomic E-state index is 1.25. The molecule has 0 amide bonds. The lowest BCUT2D eigenvalue weighted by Crippen LogP contribution is -2.31. The molecule has 0 aliphatic heterocycles. The van der Waals surface area contributed by atoms with Gasteiger partial charge < -0.3 is 4.40 Å². The lowest BCUT2D eigenvalue weighted by Gasteiger charge is -2.10. The predicted molar refractivity (Wildman–Crippen MR) is 78.2 cm³/mol. The molecule has 0 atom stereocenters. The largest absolute Gasteiger partial charge is 0.309 e. The maximum atomic E-state index is 2.34. The van der Waals surface area contributed by atoms with Crippen molar-refractivity contribution in [2.24, 2.45) is 7.05 Å². The minimum absolute atomic E-state index is 1.25. The van der Waals surface area contributed by atoms with Crippen LogP contribution < -0.4 is 4.57 Å². The van der Waals surface area contributed by atoms with Crippen LogP contribution in [0.3, 0.4) is 0 Å². The first kappa shape index (κ1) is 12.0. The Kier molecular flexibility index (Phi) is 2.67. The Balaban J connectivity index is 2.44. The average Bonchev–Trinajstić information content (AvgIpc) is 2.75. The van der Waals surface area contributed by atoms with Crippen molar-refractivity contribution in [2.45, 2.75) is 20.8 Å². The van der Waals surface area contributed by atoms with Crippen LogP contribution >= 0.6 is 0 Å². The van der Waals surface area contributed by atoms with Gasteiger partial charge in [-0.15, -0.1) is 0 Å². The Morgan fingerprint density at radius 1 is 0.947 bits per heavy atom. The molecular formula is C17H19N2+. The maximum absolute atomic E-state index is 2.34. The quantitative estimate of drug-likeness (QED) is 0.586. The van der Waals surface area contributed by atoms with Crippen LogP contribution in [0.4, 0.5) is 0 Å². The monoisotopic (exact) mass is 251 g/mol. The third-order valence-electron chi connectivity index (χ3n) is 3.76. The van der Waals surface area contributed by atoms with E-state index in [0.717, 1.165) is 0 Å². The summed E-state index contributed by atoms with van der Waals surface area (Å²) in [5.74, 6) is 0. The lowest BCUT2D eigenvalue weighted by molar-refractivity contribution is -0.660.